The molecule has 22 heavy (non-hydrogen) atoms. The zero-order chi connectivity index (χ0) is 14.9. The molecule has 1 N–H and O–H groups in total. The summed E-state index contributed by atoms with van der Waals surface area (Å²) in [6, 6.07) is 9.96. The Kier molecular flexibility index (Phi) is 2.73. The molecule has 4 aliphatic rings. The molecule has 118 valence electrons. The maximum atomic E-state index is 11.0. The first-order valence-electron chi connectivity index (χ1n) is 9.04. The summed E-state index contributed by atoms with van der Waals surface area (Å²) < 4.78 is 0. The molecule has 1 aromatic carbocycles. The van der Waals surface area contributed by atoms with Gasteiger partial charge in [0.2, 0.25) is 0 Å². The highest BCUT2D eigenvalue weighted by molar-refractivity contribution is 5.64. The van der Waals surface area contributed by atoms with Crippen molar-refractivity contribution in [3.8, 4) is 0 Å². The first kappa shape index (κ1) is 13.4. The van der Waals surface area contributed by atoms with E-state index in [4.69, 9.17) is 0 Å². The molecule has 0 saturated carbocycles. The second-order valence-corrected chi connectivity index (χ2v) is 7.84. The van der Waals surface area contributed by atoms with Gasteiger partial charge in [0.05, 0.1) is 6.04 Å². The highest BCUT2D eigenvalue weighted by Crippen LogP contribution is 2.58. The summed E-state index contributed by atoms with van der Waals surface area (Å²) in [5.41, 5.74) is 3.13. The predicted molar refractivity (Wildman–Crippen MR) is 88.0 cm³/mol. The summed E-state index contributed by atoms with van der Waals surface area (Å²) in [5, 5.41) is 11.0. The summed E-state index contributed by atoms with van der Waals surface area (Å²) in [7, 11) is 0. The van der Waals surface area contributed by atoms with E-state index in [9.17, 15) is 5.11 Å². The number of nitrogens with zero attached hydrogens (tertiary/aromatic N) is 2. The van der Waals surface area contributed by atoms with E-state index in [1.807, 2.05) is 0 Å². The minimum Gasteiger partial charge on any atom is -0.374 e. The lowest BCUT2D eigenvalue weighted by atomic mass is 9.60. The van der Waals surface area contributed by atoms with Gasteiger partial charge in [-0.1, -0.05) is 25.1 Å². The fourth-order valence-corrected chi connectivity index (χ4v) is 6.29. The zero-order valence-corrected chi connectivity index (χ0v) is 13.4. The van der Waals surface area contributed by atoms with Gasteiger partial charge in [0.1, 0.15) is 6.23 Å². The maximum Gasteiger partial charge on any atom is 0.127 e. The van der Waals surface area contributed by atoms with Gasteiger partial charge in [-0.15, -0.1) is 0 Å². The van der Waals surface area contributed by atoms with Crippen LogP contribution in [0, 0.1) is 5.41 Å². The Labute approximate surface area is 132 Å². The number of hydrogen-bond acceptors (Lipinski definition) is 3. The molecule has 5 atom stereocenters. The molecular formula is C19H26N2O. The number of piperidine rings is 3. The number of para-hydroxylation sites is 1. The fraction of sp³-hybridized carbons (Fsp3) is 0.684. The third kappa shape index (κ3) is 1.49. The lowest BCUT2D eigenvalue weighted by Gasteiger charge is -2.62. The van der Waals surface area contributed by atoms with Crippen LogP contribution in [-0.2, 0) is 0 Å². The Bertz CT molecular complexity index is 603. The minimum absolute atomic E-state index is 0.301. The van der Waals surface area contributed by atoms with Crippen molar-refractivity contribution >= 4 is 5.69 Å². The molecule has 4 aliphatic heterocycles. The second kappa shape index (κ2) is 4.48. The van der Waals surface area contributed by atoms with Crippen molar-refractivity contribution in [1.29, 1.82) is 0 Å². The lowest BCUT2D eigenvalue weighted by Crippen LogP contribution is -2.70. The SMILES string of the molecule is CC[C@]12CCCN3CC[C@H]4c5ccccc5N([C@H]4[C@H]31)[C@@H](O)C2. The van der Waals surface area contributed by atoms with Crippen molar-refractivity contribution in [2.24, 2.45) is 5.41 Å². The smallest absolute Gasteiger partial charge is 0.127 e. The first-order valence-corrected chi connectivity index (χ1v) is 9.04. The predicted octanol–water partition coefficient (Wildman–Crippen LogP) is 2.95. The van der Waals surface area contributed by atoms with Crippen molar-refractivity contribution in [3.05, 3.63) is 29.8 Å². The van der Waals surface area contributed by atoms with Crippen LogP contribution in [0.15, 0.2) is 24.3 Å². The average molecular weight is 298 g/mol. The number of rotatable bonds is 1. The normalized spacial score (nSPS) is 42.9. The van der Waals surface area contributed by atoms with E-state index < -0.39 is 0 Å². The Balaban J connectivity index is 1.67. The van der Waals surface area contributed by atoms with Crippen molar-refractivity contribution in [1.82, 2.24) is 4.90 Å². The largest absolute Gasteiger partial charge is 0.374 e. The van der Waals surface area contributed by atoms with Crippen LogP contribution in [0.25, 0.3) is 0 Å². The van der Waals surface area contributed by atoms with Crippen molar-refractivity contribution in [2.45, 2.75) is 63.3 Å². The van der Waals surface area contributed by atoms with E-state index in [0.717, 1.165) is 6.42 Å². The van der Waals surface area contributed by atoms with Gasteiger partial charge in [-0.05, 0) is 62.2 Å². The van der Waals surface area contributed by atoms with Gasteiger partial charge in [-0.25, -0.2) is 0 Å². The molecule has 0 aromatic heterocycles. The number of aliphatic hydroxyl groups excluding tert-OH is 1. The Morgan fingerprint density at radius 2 is 2.14 bits per heavy atom. The van der Waals surface area contributed by atoms with Gasteiger partial charge >= 0.3 is 0 Å². The van der Waals surface area contributed by atoms with E-state index in [1.54, 1.807) is 0 Å². The Hall–Kier alpha value is -1.06. The summed E-state index contributed by atoms with van der Waals surface area (Å²) in [6.45, 7) is 4.85. The molecule has 0 radical (unpaired) electrons. The maximum absolute atomic E-state index is 11.0. The molecule has 0 bridgehead atoms. The van der Waals surface area contributed by atoms with Crippen LogP contribution in [0.4, 0.5) is 5.69 Å². The summed E-state index contributed by atoms with van der Waals surface area (Å²) in [6.07, 6.45) is 5.71. The molecule has 0 amide bonds. The average Bonchev–Trinajstić information content (AvgIpc) is 2.89. The van der Waals surface area contributed by atoms with Gasteiger partial charge in [0.15, 0.2) is 0 Å². The van der Waals surface area contributed by atoms with E-state index >= 15 is 0 Å². The van der Waals surface area contributed by atoms with Crippen LogP contribution in [0.5, 0.6) is 0 Å². The molecular weight excluding hydrogens is 272 g/mol. The van der Waals surface area contributed by atoms with Crippen molar-refractivity contribution < 1.29 is 5.11 Å². The van der Waals surface area contributed by atoms with Crippen molar-refractivity contribution in [2.75, 3.05) is 18.0 Å². The van der Waals surface area contributed by atoms with Crippen LogP contribution >= 0.6 is 0 Å². The quantitative estimate of drug-likeness (QED) is 0.863. The molecule has 3 fully saturated rings. The summed E-state index contributed by atoms with van der Waals surface area (Å²) in [5.74, 6) is 0.622. The summed E-state index contributed by atoms with van der Waals surface area (Å²) >= 11 is 0. The Morgan fingerprint density at radius 3 is 3.00 bits per heavy atom. The van der Waals surface area contributed by atoms with Gasteiger partial charge in [-0.3, -0.25) is 4.90 Å². The van der Waals surface area contributed by atoms with E-state index in [1.165, 1.54) is 50.0 Å². The highest BCUT2D eigenvalue weighted by atomic mass is 16.3. The number of fused-ring (bicyclic) bond motifs is 3. The van der Waals surface area contributed by atoms with Gasteiger partial charge in [0.25, 0.3) is 0 Å². The van der Waals surface area contributed by atoms with Gasteiger partial charge in [-0.2, -0.15) is 0 Å². The number of benzene rings is 1. The van der Waals surface area contributed by atoms with Crippen LogP contribution in [0.2, 0.25) is 0 Å². The van der Waals surface area contributed by atoms with E-state index in [-0.39, 0.29) is 6.23 Å². The number of hydrogen-bond donors (Lipinski definition) is 1. The molecule has 0 spiro atoms. The minimum atomic E-state index is -0.301. The molecule has 0 aliphatic carbocycles. The lowest BCUT2D eigenvalue weighted by molar-refractivity contribution is -0.0904. The molecule has 0 unspecified atom stereocenters. The van der Waals surface area contributed by atoms with Crippen LogP contribution in [-0.4, -0.2) is 41.4 Å². The van der Waals surface area contributed by atoms with E-state index in [0.29, 0.717) is 23.4 Å². The molecule has 4 heterocycles. The molecule has 3 nitrogen and oxygen atoms in total. The van der Waals surface area contributed by atoms with Gasteiger partial charge < -0.3 is 10.0 Å². The standard InChI is InChI=1S/C19H26N2O/c1-2-19-9-5-10-20-11-8-14-13-6-3-4-7-15(13)21(16(22)12-19)17(14)18(19)20/h3-4,6-7,14,16-18,22H,2,5,8-12H2,1H3/t14-,16-,17+,18-,19+/m0/s1. The first-order chi connectivity index (χ1) is 10.7. The van der Waals surface area contributed by atoms with Crippen LogP contribution in [0.3, 0.4) is 0 Å². The topological polar surface area (TPSA) is 26.7 Å². The molecule has 3 heteroatoms. The molecule has 3 saturated heterocycles. The van der Waals surface area contributed by atoms with Crippen molar-refractivity contribution in [3.63, 3.8) is 0 Å². The van der Waals surface area contributed by atoms with E-state index in [2.05, 4.69) is 41.0 Å². The molecule has 1 aromatic rings. The zero-order valence-electron chi connectivity index (χ0n) is 13.4. The summed E-state index contributed by atoms with van der Waals surface area (Å²) in [4.78, 5) is 5.15. The third-order valence-electron chi connectivity index (χ3n) is 7.15. The number of aliphatic hydroxyl groups is 1. The Morgan fingerprint density at radius 1 is 1.27 bits per heavy atom. The second-order valence-electron chi connectivity index (χ2n) is 7.84. The number of anilines is 1. The fourth-order valence-electron chi connectivity index (χ4n) is 6.29. The van der Waals surface area contributed by atoms with Gasteiger partial charge in [0, 0.05) is 17.6 Å². The van der Waals surface area contributed by atoms with Crippen LogP contribution < -0.4 is 4.90 Å². The van der Waals surface area contributed by atoms with Crippen LogP contribution in [0.1, 0.15) is 50.5 Å². The monoisotopic (exact) mass is 298 g/mol. The molecule has 5 rings (SSSR count). The highest BCUT2D eigenvalue weighted by Gasteiger charge is 2.60. The third-order valence-corrected chi connectivity index (χ3v) is 7.15.